The largest absolute Gasteiger partial charge is 0.443 e. The Morgan fingerprint density at radius 1 is 1.29 bits per heavy atom. The third kappa shape index (κ3) is 2.54. The van der Waals surface area contributed by atoms with Gasteiger partial charge in [-0.1, -0.05) is 18.2 Å². The van der Waals surface area contributed by atoms with Crippen molar-refractivity contribution in [3.63, 3.8) is 0 Å². The molecule has 0 saturated heterocycles. The number of hydrogen-bond donors (Lipinski definition) is 0. The summed E-state index contributed by atoms with van der Waals surface area (Å²) in [6.07, 6.45) is 2.48. The predicted octanol–water partition coefficient (Wildman–Crippen LogP) is 4.08. The first kappa shape index (κ1) is 13.4. The second kappa shape index (κ2) is 4.77. The number of ether oxygens (including phenoxy) is 1. The maximum atomic E-state index is 12.5. The summed E-state index contributed by atoms with van der Waals surface area (Å²) in [6, 6.07) is 9.51. The third-order valence-corrected chi connectivity index (χ3v) is 2.97. The molecule has 0 N–H and O–H groups in total. The number of rotatable bonds is 1. The van der Waals surface area contributed by atoms with E-state index in [1.165, 1.54) is 11.0 Å². The van der Waals surface area contributed by atoms with Crippen molar-refractivity contribution in [1.82, 2.24) is 9.55 Å². The second-order valence-corrected chi connectivity index (χ2v) is 5.77. The maximum Gasteiger partial charge on any atom is 0.419 e. The number of fused-ring (bicyclic) bond motifs is 1. The minimum Gasteiger partial charge on any atom is -0.443 e. The Morgan fingerprint density at radius 2 is 2.05 bits per heavy atom. The van der Waals surface area contributed by atoms with Gasteiger partial charge in [0.25, 0.3) is 0 Å². The molecule has 0 amide bonds. The average Bonchev–Trinajstić information content (AvgIpc) is 3.03. The molecule has 0 radical (unpaired) electrons. The Balaban J connectivity index is 2.19. The number of benzene rings is 1. The summed E-state index contributed by atoms with van der Waals surface area (Å²) in [5, 5.41) is 0.940. The molecule has 5 nitrogen and oxygen atoms in total. The van der Waals surface area contributed by atoms with Crippen LogP contribution in [0.1, 0.15) is 20.8 Å². The molecule has 0 aliphatic heterocycles. The van der Waals surface area contributed by atoms with Gasteiger partial charge in [0.05, 0.1) is 17.4 Å². The normalized spacial score (nSPS) is 11.8. The number of hydrogen-bond acceptors (Lipinski definition) is 4. The number of para-hydroxylation sites is 1. The molecule has 3 rings (SSSR count). The minimum absolute atomic E-state index is 0.435. The van der Waals surface area contributed by atoms with Gasteiger partial charge in [-0.3, -0.25) is 0 Å². The Labute approximate surface area is 122 Å². The quantitative estimate of drug-likeness (QED) is 0.675. The van der Waals surface area contributed by atoms with Crippen molar-refractivity contribution in [1.29, 1.82) is 0 Å². The number of nitrogens with zero attached hydrogens (tertiary/aromatic N) is 2. The van der Waals surface area contributed by atoms with Crippen LogP contribution in [0.2, 0.25) is 0 Å². The van der Waals surface area contributed by atoms with E-state index in [2.05, 4.69) is 4.98 Å². The smallest absolute Gasteiger partial charge is 0.419 e. The molecule has 0 unspecified atom stereocenters. The van der Waals surface area contributed by atoms with E-state index in [4.69, 9.17) is 9.15 Å². The zero-order valence-electron chi connectivity index (χ0n) is 12.2. The van der Waals surface area contributed by atoms with Crippen LogP contribution in [-0.2, 0) is 4.74 Å². The second-order valence-electron chi connectivity index (χ2n) is 5.77. The van der Waals surface area contributed by atoms with Gasteiger partial charge in [-0.15, -0.1) is 0 Å². The SMILES string of the molecule is CC(C)(C)OC(=O)n1c(-c2cnco2)cc2ccccc21. The van der Waals surface area contributed by atoms with Crippen LogP contribution < -0.4 is 0 Å². The Kier molecular flexibility index (Phi) is 3.05. The number of oxazole rings is 1. The van der Waals surface area contributed by atoms with E-state index in [0.29, 0.717) is 11.5 Å². The lowest BCUT2D eigenvalue weighted by atomic mass is 10.2. The van der Waals surface area contributed by atoms with Crippen LogP contribution in [0.25, 0.3) is 22.4 Å². The molecule has 3 aromatic rings. The van der Waals surface area contributed by atoms with Gasteiger partial charge in [-0.05, 0) is 32.9 Å². The fraction of sp³-hybridized carbons (Fsp3) is 0.250. The highest BCUT2D eigenvalue weighted by atomic mass is 16.6. The van der Waals surface area contributed by atoms with E-state index in [9.17, 15) is 4.79 Å². The molecule has 5 heteroatoms. The van der Waals surface area contributed by atoms with Crippen LogP contribution in [0, 0.1) is 0 Å². The molecule has 0 atom stereocenters. The zero-order valence-corrected chi connectivity index (χ0v) is 12.2. The number of carbonyl (C=O) groups excluding carboxylic acids is 1. The number of aromatic nitrogens is 2. The topological polar surface area (TPSA) is 57.3 Å². The van der Waals surface area contributed by atoms with Crippen LogP contribution in [0.4, 0.5) is 4.79 Å². The Hall–Kier alpha value is -2.56. The molecule has 0 saturated carbocycles. The summed E-state index contributed by atoms with van der Waals surface area (Å²) in [4.78, 5) is 16.4. The molecule has 21 heavy (non-hydrogen) atoms. The fourth-order valence-electron chi connectivity index (χ4n) is 2.18. The van der Waals surface area contributed by atoms with E-state index < -0.39 is 11.7 Å². The lowest BCUT2D eigenvalue weighted by Crippen LogP contribution is -2.27. The summed E-state index contributed by atoms with van der Waals surface area (Å²) < 4.78 is 12.3. The summed E-state index contributed by atoms with van der Waals surface area (Å²) in [6.45, 7) is 5.51. The Morgan fingerprint density at radius 3 is 2.71 bits per heavy atom. The molecular weight excluding hydrogens is 268 g/mol. The van der Waals surface area contributed by atoms with Crippen molar-refractivity contribution < 1.29 is 13.9 Å². The van der Waals surface area contributed by atoms with Crippen molar-refractivity contribution in [2.45, 2.75) is 26.4 Å². The lowest BCUT2D eigenvalue weighted by molar-refractivity contribution is 0.0546. The van der Waals surface area contributed by atoms with Crippen LogP contribution in [0.15, 0.2) is 47.3 Å². The van der Waals surface area contributed by atoms with Crippen LogP contribution in [0.3, 0.4) is 0 Å². The predicted molar refractivity (Wildman–Crippen MR) is 79.1 cm³/mol. The van der Waals surface area contributed by atoms with Gasteiger partial charge in [0, 0.05) is 5.39 Å². The molecule has 0 aliphatic rings. The van der Waals surface area contributed by atoms with Crippen LogP contribution in [0.5, 0.6) is 0 Å². The summed E-state index contributed by atoms with van der Waals surface area (Å²) in [7, 11) is 0. The first-order valence-corrected chi connectivity index (χ1v) is 6.68. The van der Waals surface area contributed by atoms with E-state index in [1.54, 1.807) is 6.20 Å². The highest BCUT2D eigenvalue weighted by molar-refractivity contribution is 5.95. The van der Waals surface area contributed by atoms with Gasteiger partial charge in [-0.25, -0.2) is 14.3 Å². The maximum absolute atomic E-state index is 12.5. The minimum atomic E-state index is -0.568. The highest BCUT2D eigenvalue weighted by Gasteiger charge is 2.23. The molecular formula is C16H16N2O3. The van der Waals surface area contributed by atoms with Crippen molar-refractivity contribution in [3.8, 4) is 11.5 Å². The highest BCUT2D eigenvalue weighted by Crippen LogP contribution is 2.29. The first-order chi connectivity index (χ1) is 9.96. The standard InChI is InChI=1S/C16H16N2O3/c1-16(2,3)21-15(19)18-12-7-5-4-6-11(12)8-13(18)14-9-17-10-20-14/h4-10H,1-3H3. The summed E-state index contributed by atoms with van der Waals surface area (Å²) in [5.74, 6) is 0.525. The fourth-order valence-corrected chi connectivity index (χ4v) is 2.18. The first-order valence-electron chi connectivity index (χ1n) is 6.68. The van der Waals surface area contributed by atoms with Gasteiger partial charge >= 0.3 is 6.09 Å². The molecule has 0 aliphatic carbocycles. The summed E-state index contributed by atoms with van der Waals surface area (Å²) in [5.41, 5.74) is 0.835. The van der Waals surface area contributed by atoms with Crippen molar-refractivity contribution in [2.75, 3.05) is 0 Å². The molecule has 108 valence electrons. The van der Waals surface area contributed by atoms with E-state index >= 15 is 0 Å². The van der Waals surface area contributed by atoms with Gasteiger partial charge in [0.15, 0.2) is 12.2 Å². The van der Waals surface area contributed by atoms with Crippen molar-refractivity contribution in [2.24, 2.45) is 0 Å². The third-order valence-electron chi connectivity index (χ3n) is 2.97. The summed E-state index contributed by atoms with van der Waals surface area (Å²) >= 11 is 0. The molecule has 2 heterocycles. The van der Waals surface area contributed by atoms with Crippen LogP contribution >= 0.6 is 0 Å². The average molecular weight is 284 g/mol. The number of carbonyl (C=O) groups is 1. The lowest BCUT2D eigenvalue weighted by Gasteiger charge is -2.20. The van der Waals surface area contributed by atoms with Gasteiger partial charge in [0.2, 0.25) is 0 Å². The zero-order chi connectivity index (χ0) is 15.0. The monoisotopic (exact) mass is 284 g/mol. The van der Waals surface area contributed by atoms with E-state index in [0.717, 1.165) is 10.9 Å². The Bertz CT molecular complexity index is 780. The van der Waals surface area contributed by atoms with E-state index in [1.807, 2.05) is 51.1 Å². The van der Waals surface area contributed by atoms with Gasteiger partial charge < -0.3 is 9.15 Å². The van der Waals surface area contributed by atoms with E-state index in [-0.39, 0.29) is 0 Å². The molecule has 0 bridgehead atoms. The van der Waals surface area contributed by atoms with Crippen molar-refractivity contribution >= 4 is 17.0 Å². The molecule has 0 fully saturated rings. The van der Waals surface area contributed by atoms with Gasteiger partial charge in [-0.2, -0.15) is 0 Å². The molecule has 0 spiro atoms. The molecule has 1 aromatic carbocycles. The van der Waals surface area contributed by atoms with Crippen molar-refractivity contribution in [3.05, 3.63) is 42.9 Å². The van der Waals surface area contributed by atoms with Crippen LogP contribution in [-0.4, -0.2) is 21.2 Å². The molecule has 2 aromatic heterocycles. The van der Waals surface area contributed by atoms with Gasteiger partial charge in [0.1, 0.15) is 5.60 Å².